The van der Waals surface area contributed by atoms with Gasteiger partial charge in [-0.25, -0.2) is 4.98 Å². The van der Waals surface area contributed by atoms with E-state index < -0.39 is 0 Å². The topological polar surface area (TPSA) is 56.3 Å². The van der Waals surface area contributed by atoms with Gasteiger partial charge in [-0.05, 0) is 27.7 Å². The van der Waals surface area contributed by atoms with Crippen molar-refractivity contribution in [2.24, 2.45) is 5.73 Å². The van der Waals surface area contributed by atoms with E-state index in [1.54, 1.807) is 0 Å². The molecule has 0 aromatic carbocycles. The van der Waals surface area contributed by atoms with Crippen LogP contribution in [0.3, 0.4) is 0 Å². The van der Waals surface area contributed by atoms with Crippen molar-refractivity contribution < 1.29 is 4.74 Å². The predicted molar refractivity (Wildman–Crippen MR) is 76.0 cm³/mol. The SMILES string of the molecule is CC1CN(C(CN)c2cncn2C(C)C)C(C)CO1. The number of nitrogens with zero attached hydrogens (tertiary/aromatic N) is 3. The van der Waals surface area contributed by atoms with Gasteiger partial charge < -0.3 is 15.0 Å². The van der Waals surface area contributed by atoms with Gasteiger partial charge in [0.05, 0.1) is 30.8 Å². The summed E-state index contributed by atoms with van der Waals surface area (Å²) in [5, 5.41) is 0. The van der Waals surface area contributed by atoms with Gasteiger partial charge in [-0.2, -0.15) is 0 Å². The van der Waals surface area contributed by atoms with E-state index in [2.05, 4.69) is 42.1 Å². The number of hydrogen-bond donors (Lipinski definition) is 1. The monoisotopic (exact) mass is 266 g/mol. The van der Waals surface area contributed by atoms with Gasteiger partial charge in [-0.1, -0.05) is 0 Å². The fourth-order valence-electron chi connectivity index (χ4n) is 2.79. The van der Waals surface area contributed by atoms with E-state index in [1.807, 2.05) is 12.5 Å². The molecule has 2 heterocycles. The van der Waals surface area contributed by atoms with Crippen LogP contribution >= 0.6 is 0 Å². The van der Waals surface area contributed by atoms with Crippen molar-refractivity contribution in [3.63, 3.8) is 0 Å². The smallest absolute Gasteiger partial charge is 0.0951 e. The molecule has 1 aliphatic rings. The van der Waals surface area contributed by atoms with Crippen LogP contribution in [0.15, 0.2) is 12.5 Å². The summed E-state index contributed by atoms with van der Waals surface area (Å²) in [4.78, 5) is 6.75. The van der Waals surface area contributed by atoms with Crippen molar-refractivity contribution in [1.82, 2.24) is 14.5 Å². The molecule has 108 valence electrons. The van der Waals surface area contributed by atoms with Crippen LogP contribution in [0.2, 0.25) is 0 Å². The van der Waals surface area contributed by atoms with Crippen LogP contribution in [0, 0.1) is 0 Å². The number of imidazole rings is 1. The van der Waals surface area contributed by atoms with Crippen LogP contribution in [-0.4, -0.2) is 46.3 Å². The van der Waals surface area contributed by atoms with Crippen LogP contribution in [0.4, 0.5) is 0 Å². The maximum atomic E-state index is 6.05. The summed E-state index contributed by atoms with van der Waals surface area (Å²) in [5.74, 6) is 0. The minimum Gasteiger partial charge on any atom is -0.376 e. The molecule has 3 unspecified atom stereocenters. The fourth-order valence-corrected chi connectivity index (χ4v) is 2.79. The maximum absolute atomic E-state index is 6.05. The first-order valence-electron chi connectivity index (χ1n) is 7.13. The zero-order chi connectivity index (χ0) is 14.0. The Kier molecular flexibility index (Phi) is 4.60. The molecule has 19 heavy (non-hydrogen) atoms. The van der Waals surface area contributed by atoms with Crippen molar-refractivity contribution in [2.45, 2.75) is 51.9 Å². The van der Waals surface area contributed by atoms with Crippen molar-refractivity contribution >= 4 is 0 Å². The first-order chi connectivity index (χ1) is 9.04. The Morgan fingerprint density at radius 1 is 1.47 bits per heavy atom. The summed E-state index contributed by atoms with van der Waals surface area (Å²) in [6, 6.07) is 1.01. The Morgan fingerprint density at radius 2 is 2.21 bits per heavy atom. The van der Waals surface area contributed by atoms with E-state index in [0.717, 1.165) is 13.2 Å². The normalized spacial score (nSPS) is 26.8. The lowest BCUT2D eigenvalue weighted by atomic mass is 10.1. The molecule has 3 atom stereocenters. The second-order valence-corrected chi connectivity index (χ2v) is 5.76. The number of morpholine rings is 1. The van der Waals surface area contributed by atoms with Crippen LogP contribution in [0.25, 0.3) is 0 Å². The lowest BCUT2D eigenvalue weighted by Gasteiger charge is -2.41. The summed E-state index contributed by atoms with van der Waals surface area (Å²) in [6.45, 7) is 11.0. The second-order valence-electron chi connectivity index (χ2n) is 5.76. The van der Waals surface area contributed by atoms with Gasteiger partial charge in [0.1, 0.15) is 0 Å². The highest BCUT2D eigenvalue weighted by atomic mass is 16.5. The van der Waals surface area contributed by atoms with Gasteiger partial charge in [-0.15, -0.1) is 0 Å². The number of nitrogens with two attached hydrogens (primary N) is 1. The zero-order valence-electron chi connectivity index (χ0n) is 12.4. The molecule has 1 fully saturated rings. The summed E-state index contributed by atoms with van der Waals surface area (Å²) in [5.41, 5.74) is 7.25. The molecule has 1 saturated heterocycles. The quantitative estimate of drug-likeness (QED) is 0.899. The van der Waals surface area contributed by atoms with Gasteiger partial charge in [0.25, 0.3) is 0 Å². The van der Waals surface area contributed by atoms with E-state index >= 15 is 0 Å². The van der Waals surface area contributed by atoms with E-state index in [0.29, 0.717) is 18.6 Å². The third-order valence-corrected chi connectivity index (χ3v) is 3.87. The Balaban J connectivity index is 2.25. The molecule has 0 radical (unpaired) electrons. The molecule has 5 nitrogen and oxygen atoms in total. The van der Waals surface area contributed by atoms with Crippen LogP contribution < -0.4 is 5.73 Å². The van der Waals surface area contributed by atoms with Gasteiger partial charge in [-0.3, -0.25) is 4.90 Å². The largest absolute Gasteiger partial charge is 0.376 e. The highest BCUT2D eigenvalue weighted by molar-refractivity contribution is 5.09. The first kappa shape index (κ1) is 14.5. The zero-order valence-corrected chi connectivity index (χ0v) is 12.4. The molecule has 2 rings (SSSR count). The molecule has 5 heteroatoms. The summed E-state index contributed by atoms with van der Waals surface area (Å²) >= 11 is 0. The van der Waals surface area contributed by atoms with Gasteiger partial charge >= 0.3 is 0 Å². The molecule has 1 aromatic rings. The van der Waals surface area contributed by atoms with Crippen LogP contribution in [-0.2, 0) is 4.74 Å². The Morgan fingerprint density at radius 3 is 2.84 bits per heavy atom. The standard InChI is InChI=1S/C14H26N4O/c1-10(2)18-9-16-6-14(18)13(5-15)17-7-12(4)19-8-11(17)3/h6,9-13H,5,7-8,15H2,1-4H3. The minimum atomic E-state index is 0.214. The molecule has 1 aromatic heterocycles. The molecule has 0 saturated carbocycles. The van der Waals surface area contributed by atoms with Crippen LogP contribution in [0.1, 0.15) is 45.5 Å². The number of aromatic nitrogens is 2. The lowest BCUT2D eigenvalue weighted by molar-refractivity contribution is -0.0665. The predicted octanol–water partition coefficient (Wildman–Crippen LogP) is 1.57. The van der Waals surface area contributed by atoms with Gasteiger partial charge in [0.15, 0.2) is 0 Å². The van der Waals surface area contributed by atoms with Crippen molar-refractivity contribution in [1.29, 1.82) is 0 Å². The highest BCUT2D eigenvalue weighted by Gasteiger charge is 2.31. The third-order valence-electron chi connectivity index (χ3n) is 3.87. The molecule has 1 aliphatic heterocycles. The average molecular weight is 266 g/mol. The Bertz CT molecular complexity index is 404. The van der Waals surface area contributed by atoms with E-state index in [1.165, 1.54) is 5.69 Å². The summed E-state index contributed by atoms with van der Waals surface area (Å²) in [6.07, 6.45) is 4.11. The first-order valence-corrected chi connectivity index (χ1v) is 7.13. The van der Waals surface area contributed by atoms with E-state index in [9.17, 15) is 0 Å². The molecule has 0 aliphatic carbocycles. The molecular formula is C14H26N4O. The third kappa shape index (κ3) is 2.99. The summed E-state index contributed by atoms with van der Waals surface area (Å²) in [7, 11) is 0. The van der Waals surface area contributed by atoms with Gasteiger partial charge in [0.2, 0.25) is 0 Å². The fraction of sp³-hybridized carbons (Fsp3) is 0.786. The van der Waals surface area contributed by atoms with E-state index in [4.69, 9.17) is 10.5 Å². The van der Waals surface area contributed by atoms with E-state index in [-0.39, 0.29) is 12.1 Å². The second kappa shape index (κ2) is 6.03. The number of rotatable bonds is 4. The molecule has 0 amide bonds. The van der Waals surface area contributed by atoms with Crippen molar-refractivity contribution in [3.05, 3.63) is 18.2 Å². The Labute approximate surface area is 115 Å². The molecule has 0 spiro atoms. The molecular weight excluding hydrogens is 240 g/mol. The number of hydrogen-bond acceptors (Lipinski definition) is 4. The van der Waals surface area contributed by atoms with Crippen LogP contribution in [0.5, 0.6) is 0 Å². The van der Waals surface area contributed by atoms with Crippen molar-refractivity contribution in [2.75, 3.05) is 19.7 Å². The lowest BCUT2D eigenvalue weighted by Crippen LogP contribution is -2.50. The maximum Gasteiger partial charge on any atom is 0.0951 e. The van der Waals surface area contributed by atoms with Gasteiger partial charge in [0, 0.05) is 31.4 Å². The number of ether oxygens (including phenoxy) is 1. The van der Waals surface area contributed by atoms with Crippen molar-refractivity contribution in [3.8, 4) is 0 Å². The summed E-state index contributed by atoms with van der Waals surface area (Å²) < 4.78 is 7.92. The highest BCUT2D eigenvalue weighted by Crippen LogP contribution is 2.27. The molecule has 0 bridgehead atoms. The molecule has 2 N–H and O–H groups in total. The Hall–Kier alpha value is -0.910. The average Bonchev–Trinajstić information content (AvgIpc) is 2.84. The minimum absolute atomic E-state index is 0.214.